The summed E-state index contributed by atoms with van der Waals surface area (Å²) < 4.78 is 2.58. The summed E-state index contributed by atoms with van der Waals surface area (Å²) in [5, 5.41) is 4.30. The molecule has 84 valence electrons. The third kappa shape index (κ3) is 3.08. The molecule has 0 nitrogen and oxygen atoms in total. The van der Waals surface area contributed by atoms with Crippen molar-refractivity contribution in [3.63, 3.8) is 0 Å². The first-order valence-electron chi connectivity index (χ1n) is 4.85. The Morgan fingerprint density at radius 2 is 1.69 bits per heavy atom. The molecule has 2 aromatic rings. The predicted octanol–water partition coefficient (Wildman–Crippen LogP) is 5.94. The van der Waals surface area contributed by atoms with E-state index in [0.717, 1.165) is 6.42 Å². The van der Waals surface area contributed by atoms with Gasteiger partial charge in [0.15, 0.2) is 0 Å². The van der Waals surface area contributed by atoms with Gasteiger partial charge in [-0.1, -0.05) is 34.7 Å². The van der Waals surface area contributed by atoms with Crippen LogP contribution in [0.3, 0.4) is 0 Å². The molecule has 0 unspecified atom stereocenters. The van der Waals surface area contributed by atoms with Gasteiger partial charge in [0.1, 0.15) is 0 Å². The van der Waals surface area contributed by atoms with E-state index >= 15 is 0 Å². The fourth-order valence-electron chi connectivity index (χ4n) is 1.44. The van der Waals surface area contributed by atoms with Crippen molar-refractivity contribution in [3.05, 3.63) is 44.8 Å². The molecular weight excluding hydrogens is 462 g/mol. The summed E-state index contributed by atoms with van der Waals surface area (Å²) in [5.41, 5.74) is 1.49. The predicted molar refractivity (Wildman–Crippen MR) is 93.0 cm³/mol. The SMILES string of the molecule is ICC/C(=C(\I)c1cccs1)c1cccs1. The van der Waals surface area contributed by atoms with Crippen molar-refractivity contribution in [2.24, 2.45) is 0 Å². The average molecular weight is 472 g/mol. The van der Waals surface area contributed by atoms with Gasteiger partial charge in [-0.2, -0.15) is 0 Å². The summed E-state index contributed by atoms with van der Waals surface area (Å²) in [5.74, 6) is 0. The first kappa shape index (κ1) is 13.0. The lowest BCUT2D eigenvalue weighted by atomic mass is 10.1. The van der Waals surface area contributed by atoms with Crippen LogP contribution in [-0.2, 0) is 0 Å². The summed E-state index contributed by atoms with van der Waals surface area (Å²) in [4.78, 5) is 2.79. The van der Waals surface area contributed by atoms with E-state index in [4.69, 9.17) is 0 Å². The van der Waals surface area contributed by atoms with Crippen LogP contribution in [0.2, 0.25) is 0 Å². The first-order chi connectivity index (χ1) is 7.83. The highest BCUT2D eigenvalue weighted by atomic mass is 127. The molecule has 0 spiro atoms. The quantitative estimate of drug-likeness (QED) is 0.382. The van der Waals surface area contributed by atoms with Crippen LogP contribution in [0.15, 0.2) is 35.0 Å². The van der Waals surface area contributed by atoms with Gasteiger partial charge in [-0.3, -0.25) is 0 Å². The Morgan fingerprint density at radius 1 is 1.06 bits per heavy atom. The normalized spacial score (nSPS) is 12.6. The van der Waals surface area contributed by atoms with E-state index in [-0.39, 0.29) is 0 Å². The Labute approximate surface area is 131 Å². The van der Waals surface area contributed by atoms with Gasteiger partial charge in [0.2, 0.25) is 0 Å². The van der Waals surface area contributed by atoms with E-state index in [9.17, 15) is 0 Å². The molecule has 4 heteroatoms. The van der Waals surface area contributed by atoms with Crippen molar-refractivity contribution in [2.45, 2.75) is 6.42 Å². The monoisotopic (exact) mass is 472 g/mol. The Kier molecular flexibility index (Phi) is 5.31. The summed E-state index contributed by atoms with van der Waals surface area (Å²) >= 11 is 8.59. The minimum atomic E-state index is 1.15. The van der Waals surface area contributed by atoms with Crippen molar-refractivity contribution in [1.82, 2.24) is 0 Å². The van der Waals surface area contributed by atoms with Gasteiger partial charge in [-0.15, -0.1) is 22.7 Å². The summed E-state index contributed by atoms with van der Waals surface area (Å²) in [6.45, 7) is 0. The highest BCUT2D eigenvalue weighted by Crippen LogP contribution is 2.37. The fraction of sp³-hybridized carbons (Fsp3) is 0.167. The smallest absolute Gasteiger partial charge is 0.0407 e. The largest absolute Gasteiger partial charge is 0.144 e. The average Bonchev–Trinajstić information content (AvgIpc) is 2.96. The van der Waals surface area contributed by atoms with Crippen molar-refractivity contribution >= 4 is 77.0 Å². The van der Waals surface area contributed by atoms with Gasteiger partial charge in [-0.05, 0) is 57.5 Å². The molecule has 16 heavy (non-hydrogen) atoms. The van der Waals surface area contributed by atoms with Crippen LogP contribution in [0, 0.1) is 0 Å². The summed E-state index contributed by atoms with van der Waals surface area (Å²) in [6.07, 6.45) is 1.15. The molecule has 0 aliphatic rings. The number of alkyl halides is 1. The highest BCUT2D eigenvalue weighted by molar-refractivity contribution is 14.1. The lowest BCUT2D eigenvalue weighted by Gasteiger charge is -2.06. The lowest BCUT2D eigenvalue weighted by Crippen LogP contribution is -1.84. The maximum atomic E-state index is 2.48. The number of hydrogen-bond donors (Lipinski definition) is 0. The molecule has 0 saturated carbocycles. The molecule has 0 radical (unpaired) electrons. The number of allylic oxidation sites excluding steroid dienone is 1. The molecule has 0 fully saturated rings. The second kappa shape index (κ2) is 6.51. The van der Waals surface area contributed by atoms with E-state index in [1.54, 1.807) is 0 Å². The van der Waals surface area contributed by atoms with Crippen LogP contribution >= 0.6 is 67.9 Å². The molecule has 0 saturated heterocycles. The first-order valence-corrected chi connectivity index (χ1v) is 9.21. The molecule has 2 aromatic heterocycles. The zero-order chi connectivity index (χ0) is 11.4. The third-order valence-electron chi connectivity index (χ3n) is 2.17. The minimum absolute atomic E-state index is 1.15. The van der Waals surface area contributed by atoms with E-state index in [1.165, 1.54) is 23.3 Å². The van der Waals surface area contributed by atoms with Crippen LogP contribution in [0.5, 0.6) is 0 Å². The molecule has 0 aliphatic carbocycles. The van der Waals surface area contributed by atoms with Crippen molar-refractivity contribution in [3.8, 4) is 0 Å². The zero-order valence-electron chi connectivity index (χ0n) is 8.45. The van der Waals surface area contributed by atoms with Crippen LogP contribution in [0.25, 0.3) is 9.15 Å². The van der Waals surface area contributed by atoms with Gasteiger partial charge >= 0.3 is 0 Å². The van der Waals surface area contributed by atoms with Crippen LogP contribution in [0.1, 0.15) is 16.2 Å². The second-order valence-corrected chi connectivity index (χ2v) is 7.24. The zero-order valence-corrected chi connectivity index (χ0v) is 14.4. The minimum Gasteiger partial charge on any atom is -0.144 e. The van der Waals surface area contributed by atoms with Crippen LogP contribution < -0.4 is 0 Å². The molecule has 0 aliphatic heterocycles. The van der Waals surface area contributed by atoms with E-state index in [2.05, 4.69) is 80.2 Å². The molecular formula is C12H10I2S2. The maximum Gasteiger partial charge on any atom is 0.0407 e. The van der Waals surface area contributed by atoms with Gasteiger partial charge in [0.05, 0.1) is 0 Å². The topological polar surface area (TPSA) is 0 Å². The van der Waals surface area contributed by atoms with Crippen LogP contribution in [0.4, 0.5) is 0 Å². The van der Waals surface area contributed by atoms with Gasteiger partial charge in [-0.25, -0.2) is 0 Å². The molecule has 0 atom stereocenters. The Hall–Kier alpha value is 0.600. The third-order valence-corrected chi connectivity index (χ3v) is 6.12. The van der Waals surface area contributed by atoms with Gasteiger partial charge in [0.25, 0.3) is 0 Å². The van der Waals surface area contributed by atoms with Crippen molar-refractivity contribution in [1.29, 1.82) is 0 Å². The second-order valence-electron chi connectivity index (χ2n) is 3.19. The van der Waals surface area contributed by atoms with E-state index < -0.39 is 0 Å². The summed E-state index contributed by atoms with van der Waals surface area (Å²) in [7, 11) is 0. The standard InChI is InChI=1S/C12H10I2S2/c13-6-5-9(10-3-1-7-15-10)12(14)11-4-2-8-16-11/h1-4,7-8H,5-6H2/b12-9+. The van der Waals surface area contributed by atoms with Gasteiger partial charge < -0.3 is 0 Å². The molecule has 0 aromatic carbocycles. The Bertz CT molecular complexity index is 455. The molecule has 0 N–H and O–H groups in total. The van der Waals surface area contributed by atoms with Crippen LogP contribution in [-0.4, -0.2) is 4.43 Å². The van der Waals surface area contributed by atoms with Crippen molar-refractivity contribution < 1.29 is 0 Å². The van der Waals surface area contributed by atoms with Gasteiger partial charge in [0, 0.05) is 17.8 Å². The Morgan fingerprint density at radius 3 is 2.19 bits per heavy atom. The molecule has 0 amide bonds. The molecule has 2 heterocycles. The van der Waals surface area contributed by atoms with E-state index in [1.807, 2.05) is 22.7 Å². The summed E-state index contributed by atoms with van der Waals surface area (Å²) in [6, 6.07) is 8.67. The molecule has 0 bridgehead atoms. The maximum absolute atomic E-state index is 2.48. The number of thiophene rings is 2. The number of rotatable bonds is 4. The highest BCUT2D eigenvalue weighted by Gasteiger charge is 2.10. The lowest BCUT2D eigenvalue weighted by molar-refractivity contribution is 1.31. The van der Waals surface area contributed by atoms with E-state index in [0.29, 0.717) is 0 Å². The van der Waals surface area contributed by atoms with Crippen molar-refractivity contribution in [2.75, 3.05) is 4.43 Å². The molecule has 2 rings (SSSR count). The number of hydrogen-bond acceptors (Lipinski definition) is 2. The Balaban J connectivity index is 2.42. The fourth-order valence-corrected chi connectivity index (χ4v) is 4.78. The number of halogens is 2.